The van der Waals surface area contributed by atoms with Crippen LogP contribution < -0.4 is 5.43 Å². The molecule has 0 spiro atoms. The van der Waals surface area contributed by atoms with Crippen LogP contribution in [0, 0.1) is 0 Å². The molecule has 1 aromatic rings. The fraction of sp³-hybridized carbons (Fsp3) is 0.571. The molecule has 0 saturated carbocycles. The number of aromatic nitrogens is 2. The minimum atomic E-state index is 0.823. The van der Waals surface area contributed by atoms with Crippen LogP contribution in [0.25, 0.3) is 0 Å². The van der Waals surface area contributed by atoms with Crippen LogP contribution in [0.4, 0.5) is 0 Å². The summed E-state index contributed by atoms with van der Waals surface area (Å²) < 4.78 is 2.00. The Bertz CT molecular complexity index is 216. The number of imidazole rings is 1. The van der Waals surface area contributed by atoms with Gasteiger partial charge in [0, 0.05) is 27.3 Å². The zero-order valence-electron chi connectivity index (χ0n) is 7.20. The molecule has 4 heteroatoms. The number of nitrogens with zero attached hydrogens (tertiary/aromatic N) is 3. The largest absolute Gasteiger partial charge is 0.337 e. The first-order valence-electron chi connectivity index (χ1n) is 3.56. The first kappa shape index (κ1) is 8.23. The van der Waals surface area contributed by atoms with Crippen molar-refractivity contribution in [2.75, 3.05) is 14.1 Å². The molecule has 0 aromatic carbocycles. The highest BCUT2D eigenvalue weighted by Crippen LogP contribution is 1.94. The SMILES string of the molecule is CN(C)NCc1cncn1C. The summed E-state index contributed by atoms with van der Waals surface area (Å²) in [6.45, 7) is 0.823. The van der Waals surface area contributed by atoms with Crippen molar-refractivity contribution in [1.82, 2.24) is 20.0 Å². The van der Waals surface area contributed by atoms with Crippen molar-refractivity contribution in [3.8, 4) is 0 Å². The van der Waals surface area contributed by atoms with Crippen LogP contribution in [0.3, 0.4) is 0 Å². The molecule has 0 radical (unpaired) electrons. The predicted octanol–water partition coefficient (Wildman–Crippen LogP) is -0.0137. The van der Waals surface area contributed by atoms with Gasteiger partial charge >= 0.3 is 0 Å². The maximum atomic E-state index is 4.00. The summed E-state index contributed by atoms with van der Waals surface area (Å²) in [4.78, 5) is 4.00. The van der Waals surface area contributed by atoms with E-state index in [0.29, 0.717) is 0 Å². The van der Waals surface area contributed by atoms with E-state index in [1.54, 1.807) is 6.33 Å². The Morgan fingerprint density at radius 3 is 2.82 bits per heavy atom. The van der Waals surface area contributed by atoms with Crippen molar-refractivity contribution in [2.24, 2.45) is 7.05 Å². The third kappa shape index (κ3) is 2.32. The van der Waals surface area contributed by atoms with Gasteiger partial charge in [0.05, 0.1) is 18.6 Å². The number of nitrogens with one attached hydrogen (secondary N) is 1. The molecule has 0 aliphatic rings. The Morgan fingerprint density at radius 1 is 1.64 bits per heavy atom. The van der Waals surface area contributed by atoms with Gasteiger partial charge in [-0.15, -0.1) is 0 Å². The van der Waals surface area contributed by atoms with E-state index < -0.39 is 0 Å². The number of hydrogen-bond acceptors (Lipinski definition) is 3. The topological polar surface area (TPSA) is 33.1 Å². The molecular weight excluding hydrogens is 140 g/mol. The average molecular weight is 154 g/mol. The van der Waals surface area contributed by atoms with Crippen LogP contribution in [0.15, 0.2) is 12.5 Å². The normalized spacial score (nSPS) is 10.9. The summed E-state index contributed by atoms with van der Waals surface area (Å²) >= 11 is 0. The number of aryl methyl sites for hydroxylation is 1. The van der Waals surface area contributed by atoms with Crippen LogP contribution in [0.2, 0.25) is 0 Å². The Balaban J connectivity index is 2.44. The lowest BCUT2D eigenvalue weighted by atomic mass is 10.5. The fourth-order valence-electron chi connectivity index (χ4n) is 0.794. The van der Waals surface area contributed by atoms with E-state index in [-0.39, 0.29) is 0 Å². The van der Waals surface area contributed by atoms with E-state index >= 15 is 0 Å². The van der Waals surface area contributed by atoms with Gasteiger partial charge in [-0.05, 0) is 0 Å². The molecule has 1 rings (SSSR count). The molecule has 0 aliphatic carbocycles. The van der Waals surface area contributed by atoms with Crippen molar-refractivity contribution in [3.05, 3.63) is 18.2 Å². The summed E-state index contributed by atoms with van der Waals surface area (Å²) in [6.07, 6.45) is 3.66. The van der Waals surface area contributed by atoms with Gasteiger partial charge in [-0.1, -0.05) is 0 Å². The molecule has 0 amide bonds. The standard InChI is InChI=1S/C7H14N4/c1-10(2)9-5-7-4-8-6-11(7)3/h4,6,9H,5H2,1-3H3. The zero-order valence-corrected chi connectivity index (χ0v) is 7.20. The number of hydrogen-bond donors (Lipinski definition) is 1. The summed E-state index contributed by atoms with van der Waals surface area (Å²) in [5, 5.41) is 1.92. The number of hydrazine groups is 1. The minimum absolute atomic E-state index is 0.823. The first-order chi connectivity index (χ1) is 5.20. The molecule has 0 fully saturated rings. The number of rotatable bonds is 3. The lowest BCUT2D eigenvalue weighted by molar-refractivity contribution is 0.282. The molecule has 11 heavy (non-hydrogen) atoms. The molecular formula is C7H14N4. The lowest BCUT2D eigenvalue weighted by Crippen LogP contribution is -2.30. The second kappa shape index (κ2) is 3.50. The molecule has 1 N–H and O–H groups in total. The van der Waals surface area contributed by atoms with E-state index in [1.807, 2.05) is 36.9 Å². The van der Waals surface area contributed by atoms with Gasteiger partial charge in [0.15, 0.2) is 0 Å². The molecule has 0 bridgehead atoms. The molecule has 0 saturated heterocycles. The summed E-state index contributed by atoms with van der Waals surface area (Å²) in [5.41, 5.74) is 4.34. The van der Waals surface area contributed by atoms with Crippen molar-refractivity contribution >= 4 is 0 Å². The van der Waals surface area contributed by atoms with Gasteiger partial charge < -0.3 is 4.57 Å². The monoisotopic (exact) mass is 154 g/mol. The summed E-state index contributed by atoms with van der Waals surface area (Å²) in [7, 11) is 5.92. The minimum Gasteiger partial charge on any atom is -0.337 e. The van der Waals surface area contributed by atoms with Gasteiger partial charge in [0.1, 0.15) is 0 Å². The lowest BCUT2D eigenvalue weighted by Gasteiger charge is -2.11. The van der Waals surface area contributed by atoms with Crippen LogP contribution in [0.1, 0.15) is 5.69 Å². The molecule has 62 valence electrons. The van der Waals surface area contributed by atoms with E-state index in [0.717, 1.165) is 6.54 Å². The molecule has 0 unspecified atom stereocenters. The quantitative estimate of drug-likeness (QED) is 0.621. The van der Waals surface area contributed by atoms with Crippen molar-refractivity contribution in [1.29, 1.82) is 0 Å². The van der Waals surface area contributed by atoms with E-state index in [9.17, 15) is 0 Å². The maximum Gasteiger partial charge on any atom is 0.0945 e. The molecule has 1 aromatic heterocycles. The third-order valence-corrected chi connectivity index (χ3v) is 1.49. The van der Waals surface area contributed by atoms with Gasteiger partial charge in [-0.25, -0.2) is 10.4 Å². The summed E-state index contributed by atoms with van der Waals surface area (Å²) in [5.74, 6) is 0. The second-order valence-corrected chi connectivity index (χ2v) is 2.73. The maximum absolute atomic E-state index is 4.00. The third-order valence-electron chi connectivity index (χ3n) is 1.49. The predicted molar refractivity (Wildman–Crippen MR) is 43.7 cm³/mol. The van der Waals surface area contributed by atoms with Gasteiger partial charge in [0.25, 0.3) is 0 Å². The second-order valence-electron chi connectivity index (χ2n) is 2.73. The van der Waals surface area contributed by atoms with Gasteiger partial charge in [0.2, 0.25) is 0 Å². The van der Waals surface area contributed by atoms with Gasteiger partial charge in [-0.3, -0.25) is 5.01 Å². The molecule has 4 nitrogen and oxygen atoms in total. The van der Waals surface area contributed by atoms with E-state index in [2.05, 4.69) is 10.4 Å². The average Bonchev–Trinajstić information content (AvgIpc) is 2.31. The highest BCUT2D eigenvalue weighted by molar-refractivity contribution is 4.96. The highest BCUT2D eigenvalue weighted by Gasteiger charge is 1.96. The zero-order chi connectivity index (χ0) is 8.27. The van der Waals surface area contributed by atoms with Crippen LogP contribution in [-0.2, 0) is 13.6 Å². The van der Waals surface area contributed by atoms with E-state index in [4.69, 9.17) is 0 Å². The van der Waals surface area contributed by atoms with Crippen molar-refractivity contribution in [2.45, 2.75) is 6.54 Å². The Labute approximate surface area is 66.8 Å². The Morgan fingerprint density at radius 2 is 2.36 bits per heavy atom. The van der Waals surface area contributed by atoms with Crippen molar-refractivity contribution in [3.63, 3.8) is 0 Å². The smallest absolute Gasteiger partial charge is 0.0945 e. The van der Waals surface area contributed by atoms with Crippen LogP contribution in [0.5, 0.6) is 0 Å². The molecule has 0 aliphatic heterocycles. The van der Waals surface area contributed by atoms with Gasteiger partial charge in [-0.2, -0.15) is 0 Å². The summed E-state index contributed by atoms with van der Waals surface area (Å²) in [6, 6.07) is 0. The Kier molecular flexibility index (Phi) is 2.62. The van der Waals surface area contributed by atoms with Crippen LogP contribution >= 0.6 is 0 Å². The molecule has 0 atom stereocenters. The first-order valence-corrected chi connectivity index (χ1v) is 3.56. The van der Waals surface area contributed by atoms with Crippen LogP contribution in [-0.4, -0.2) is 28.7 Å². The molecule has 1 heterocycles. The fourth-order valence-corrected chi connectivity index (χ4v) is 0.794. The highest BCUT2D eigenvalue weighted by atomic mass is 15.5. The van der Waals surface area contributed by atoms with E-state index in [1.165, 1.54) is 5.69 Å². The Hall–Kier alpha value is -0.870. The van der Waals surface area contributed by atoms with Crippen molar-refractivity contribution < 1.29 is 0 Å².